The molecule has 3 N–H and O–H groups in total. The van der Waals surface area contributed by atoms with Gasteiger partial charge < -0.3 is 16.0 Å². The van der Waals surface area contributed by atoms with Crippen molar-refractivity contribution in [2.45, 2.75) is 20.3 Å². The van der Waals surface area contributed by atoms with Gasteiger partial charge in [0, 0.05) is 24.7 Å². The maximum absolute atomic E-state index is 12.5. The first-order valence-electron chi connectivity index (χ1n) is 8.89. The van der Waals surface area contributed by atoms with Gasteiger partial charge in [0.25, 0.3) is 11.6 Å². The van der Waals surface area contributed by atoms with Crippen molar-refractivity contribution in [1.29, 1.82) is 0 Å². The van der Waals surface area contributed by atoms with Crippen LogP contribution >= 0.6 is 0 Å². The third-order valence-electron chi connectivity index (χ3n) is 4.69. The summed E-state index contributed by atoms with van der Waals surface area (Å²) in [5.41, 5.74) is 6.72. The van der Waals surface area contributed by atoms with Crippen LogP contribution in [0.25, 0.3) is 0 Å². The molecule has 1 aliphatic heterocycles. The molecule has 1 fully saturated rings. The number of hydrogen-bond donors (Lipinski definition) is 2. The van der Waals surface area contributed by atoms with Crippen molar-refractivity contribution in [2.75, 3.05) is 29.0 Å². The van der Waals surface area contributed by atoms with Crippen LogP contribution in [0.4, 0.5) is 22.9 Å². The lowest BCUT2D eigenvalue weighted by Gasteiger charge is -2.36. The van der Waals surface area contributed by atoms with Gasteiger partial charge in [0.2, 0.25) is 0 Å². The molecule has 2 aromatic rings. The number of anilines is 3. The number of piperidine rings is 1. The van der Waals surface area contributed by atoms with Crippen LogP contribution in [0.3, 0.4) is 0 Å². The Balaban J connectivity index is 1.85. The summed E-state index contributed by atoms with van der Waals surface area (Å²) in [6.07, 6.45) is 2.55. The first kappa shape index (κ1) is 18.6. The van der Waals surface area contributed by atoms with Gasteiger partial charge in [-0.25, -0.2) is 4.98 Å². The summed E-state index contributed by atoms with van der Waals surface area (Å²) >= 11 is 0. The molecule has 2 heterocycles. The van der Waals surface area contributed by atoms with E-state index in [-0.39, 0.29) is 11.3 Å². The minimum Gasteiger partial charge on any atom is -0.384 e. The Morgan fingerprint density at radius 1 is 1.26 bits per heavy atom. The van der Waals surface area contributed by atoms with Gasteiger partial charge in [-0.15, -0.1) is 0 Å². The van der Waals surface area contributed by atoms with E-state index in [0.717, 1.165) is 19.5 Å². The fourth-order valence-electron chi connectivity index (χ4n) is 3.62. The highest BCUT2D eigenvalue weighted by molar-refractivity contribution is 6.05. The van der Waals surface area contributed by atoms with Crippen molar-refractivity contribution < 1.29 is 9.72 Å². The standard InChI is InChI=1S/C19H23N5O3/c1-12-7-13(2)11-23(10-12)16-5-3-14(8-17(16)24(26)27)19(25)22-15-4-6-18(20)21-9-15/h3-6,8-9,12-13H,7,10-11H2,1-2H3,(H2,20,21)(H,22,25). The summed E-state index contributed by atoms with van der Waals surface area (Å²) in [4.78, 5) is 29.6. The number of rotatable bonds is 4. The Morgan fingerprint density at radius 3 is 2.56 bits per heavy atom. The van der Waals surface area contributed by atoms with Crippen LogP contribution in [-0.4, -0.2) is 28.9 Å². The van der Waals surface area contributed by atoms with Crippen LogP contribution in [0, 0.1) is 22.0 Å². The van der Waals surface area contributed by atoms with Crippen LogP contribution in [0.15, 0.2) is 36.5 Å². The zero-order valence-electron chi connectivity index (χ0n) is 15.4. The van der Waals surface area contributed by atoms with Crippen LogP contribution in [0.2, 0.25) is 0 Å². The lowest BCUT2D eigenvalue weighted by molar-refractivity contribution is -0.384. The third-order valence-corrected chi connectivity index (χ3v) is 4.69. The fourth-order valence-corrected chi connectivity index (χ4v) is 3.62. The number of pyridine rings is 1. The van der Waals surface area contributed by atoms with E-state index in [1.54, 1.807) is 24.3 Å². The average Bonchev–Trinajstić information content (AvgIpc) is 2.62. The molecule has 8 nitrogen and oxygen atoms in total. The molecule has 0 aliphatic carbocycles. The Morgan fingerprint density at radius 2 is 1.96 bits per heavy atom. The molecule has 0 spiro atoms. The van der Waals surface area contributed by atoms with Crippen molar-refractivity contribution in [2.24, 2.45) is 11.8 Å². The van der Waals surface area contributed by atoms with E-state index in [1.807, 2.05) is 4.90 Å². The maximum Gasteiger partial charge on any atom is 0.293 e. The second-order valence-corrected chi connectivity index (χ2v) is 7.24. The van der Waals surface area contributed by atoms with Crippen LogP contribution in [0.1, 0.15) is 30.6 Å². The van der Waals surface area contributed by atoms with E-state index in [2.05, 4.69) is 24.1 Å². The normalized spacial score (nSPS) is 19.6. The molecule has 1 aliphatic rings. The first-order valence-corrected chi connectivity index (χ1v) is 8.89. The topological polar surface area (TPSA) is 114 Å². The third kappa shape index (κ3) is 4.33. The predicted molar refractivity (Wildman–Crippen MR) is 105 cm³/mol. The van der Waals surface area contributed by atoms with Crippen LogP contribution in [0.5, 0.6) is 0 Å². The minimum absolute atomic E-state index is 0.0561. The number of carbonyl (C=O) groups is 1. The number of nitro benzene ring substituents is 1. The van der Waals surface area contributed by atoms with Crippen molar-refractivity contribution in [3.05, 3.63) is 52.2 Å². The number of hydrogen-bond acceptors (Lipinski definition) is 6. The molecule has 0 saturated carbocycles. The lowest BCUT2D eigenvalue weighted by atomic mass is 9.91. The van der Waals surface area contributed by atoms with E-state index in [9.17, 15) is 14.9 Å². The molecule has 8 heteroatoms. The number of amides is 1. The Kier molecular flexibility index (Phi) is 5.25. The van der Waals surface area contributed by atoms with Crippen molar-refractivity contribution in [3.63, 3.8) is 0 Å². The molecular weight excluding hydrogens is 346 g/mol. The Labute approximate surface area is 157 Å². The number of nitrogens with two attached hydrogens (primary N) is 1. The predicted octanol–water partition coefficient (Wildman–Crippen LogP) is 3.31. The number of nitrogen functional groups attached to an aromatic ring is 1. The molecule has 2 atom stereocenters. The van der Waals surface area contributed by atoms with Crippen molar-refractivity contribution >= 4 is 28.8 Å². The Bertz CT molecular complexity index is 843. The smallest absolute Gasteiger partial charge is 0.293 e. The van der Waals surface area contributed by atoms with Gasteiger partial charge in [0.15, 0.2) is 0 Å². The Hall–Kier alpha value is -3.16. The van der Waals surface area contributed by atoms with E-state index in [4.69, 9.17) is 5.73 Å². The highest BCUT2D eigenvalue weighted by Gasteiger charge is 2.27. The zero-order chi connectivity index (χ0) is 19.6. The van der Waals surface area contributed by atoms with Gasteiger partial charge in [-0.2, -0.15) is 0 Å². The van der Waals surface area contributed by atoms with E-state index in [1.165, 1.54) is 12.3 Å². The van der Waals surface area contributed by atoms with Gasteiger partial charge in [-0.3, -0.25) is 14.9 Å². The monoisotopic (exact) mass is 369 g/mol. The summed E-state index contributed by atoms with van der Waals surface area (Å²) < 4.78 is 0. The summed E-state index contributed by atoms with van der Waals surface area (Å²) in [5.74, 6) is 0.846. The molecule has 1 aromatic carbocycles. The summed E-state index contributed by atoms with van der Waals surface area (Å²) in [6.45, 7) is 5.84. The van der Waals surface area contributed by atoms with Crippen LogP contribution < -0.4 is 16.0 Å². The molecule has 0 radical (unpaired) electrons. The van der Waals surface area contributed by atoms with Gasteiger partial charge in [0.1, 0.15) is 11.5 Å². The minimum atomic E-state index is -0.434. The van der Waals surface area contributed by atoms with E-state index < -0.39 is 10.8 Å². The molecule has 0 bridgehead atoms. The summed E-state index contributed by atoms with van der Waals surface area (Å²) in [6, 6.07) is 7.81. The molecule has 1 saturated heterocycles. The first-order chi connectivity index (χ1) is 12.8. The maximum atomic E-state index is 12.5. The largest absolute Gasteiger partial charge is 0.384 e. The second kappa shape index (κ2) is 7.61. The molecule has 1 aromatic heterocycles. The number of carbonyl (C=O) groups excluding carboxylic acids is 1. The number of nitro groups is 1. The average molecular weight is 369 g/mol. The lowest BCUT2D eigenvalue weighted by Crippen LogP contribution is -2.39. The zero-order valence-corrected chi connectivity index (χ0v) is 15.4. The summed E-state index contributed by atoms with van der Waals surface area (Å²) in [5, 5.41) is 14.3. The highest BCUT2D eigenvalue weighted by atomic mass is 16.6. The number of aromatic nitrogens is 1. The molecule has 1 amide bonds. The van der Waals surface area contributed by atoms with Crippen LogP contribution in [-0.2, 0) is 0 Å². The molecule has 3 rings (SSSR count). The number of nitrogens with one attached hydrogen (secondary N) is 1. The number of nitrogens with zero attached hydrogens (tertiary/aromatic N) is 3. The quantitative estimate of drug-likeness (QED) is 0.631. The van der Waals surface area contributed by atoms with Gasteiger partial charge in [-0.1, -0.05) is 13.8 Å². The van der Waals surface area contributed by atoms with E-state index in [0.29, 0.717) is 29.0 Å². The van der Waals surface area contributed by atoms with Gasteiger partial charge in [-0.05, 0) is 42.5 Å². The summed E-state index contributed by atoms with van der Waals surface area (Å²) in [7, 11) is 0. The number of benzene rings is 1. The molecular formula is C19H23N5O3. The molecule has 142 valence electrons. The van der Waals surface area contributed by atoms with Gasteiger partial charge >= 0.3 is 0 Å². The van der Waals surface area contributed by atoms with Crippen molar-refractivity contribution in [3.8, 4) is 0 Å². The SMILES string of the molecule is CC1CC(C)CN(c2ccc(C(=O)Nc3ccc(N)nc3)cc2[N+](=O)[O-])C1. The van der Waals surface area contributed by atoms with E-state index >= 15 is 0 Å². The highest BCUT2D eigenvalue weighted by Crippen LogP contribution is 2.34. The second-order valence-electron chi connectivity index (χ2n) is 7.24. The fraction of sp³-hybridized carbons (Fsp3) is 0.368. The van der Waals surface area contributed by atoms with Gasteiger partial charge in [0.05, 0.1) is 16.8 Å². The molecule has 27 heavy (non-hydrogen) atoms. The van der Waals surface area contributed by atoms with Crippen molar-refractivity contribution in [1.82, 2.24) is 4.98 Å². The molecule has 2 unspecified atom stereocenters.